The van der Waals surface area contributed by atoms with Crippen LogP contribution in [0.25, 0.3) is 6.08 Å². The fraction of sp³-hybridized carbons (Fsp3) is 0.0714. The molecule has 0 bridgehead atoms. The van der Waals surface area contributed by atoms with Crippen molar-refractivity contribution in [2.45, 2.75) is 6.54 Å². The maximum atomic E-state index is 11.2. The third-order valence-corrected chi connectivity index (χ3v) is 2.87. The minimum absolute atomic E-state index is 0.291. The molecule has 0 fully saturated rings. The van der Waals surface area contributed by atoms with E-state index in [1.165, 1.54) is 0 Å². The van der Waals surface area contributed by atoms with Crippen molar-refractivity contribution in [1.29, 1.82) is 0 Å². The largest absolute Gasteiger partial charge is 0.478 e. The van der Waals surface area contributed by atoms with E-state index in [9.17, 15) is 9.90 Å². The quantitative estimate of drug-likeness (QED) is 0.858. The van der Waals surface area contributed by atoms with Crippen molar-refractivity contribution in [3.8, 4) is 0 Å². The van der Waals surface area contributed by atoms with Crippen molar-refractivity contribution < 1.29 is 9.90 Å². The third kappa shape index (κ3) is 3.02. The van der Waals surface area contributed by atoms with Crippen molar-refractivity contribution in [2.75, 3.05) is 0 Å². The predicted molar refractivity (Wildman–Crippen MR) is 71.5 cm³/mol. The molecule has 0 aliphatic carbocycles. The second-order valence-corrected chi connectivity index (χ2v) is 4.26. The van der Waals surface area contributed by atoms with E-state index >= 15 is 0 Å². The molecule has 4 heteroatoms. The summed E-state index contributed by atoms with van der Waals surface area (Å²) < 4.78 is 1.80. The summed E-state index contributed by atoms with van der Waals surface area (Å²) in [6.45, 7) is 0.313. The molecule has 0 spiro atoms. The first-order valence-corrected chi connectivity index (χ1v) is 5.84. The van der Waals surface area contributed by atoms with Gasteiger partial charge in [-0.3, -0.25) is 0 Å². The van der Waals surface area contributed by atoms with Gasteiger partial charge in [0.1, 0.15) is 0 Å². The van der Waals surface area contributed by atoms with Gasteiger partial charge in [-0.05, 0) is 29.8 Å². The number of carboxylic acid groups (broad SMARTS) is 1. The standard InChI is InChI=1S/C14H12ClNO2/c15-13-6-2-1-5-11(13)9-12(14(17)18)10-16-7-3-4-8-16/h1-9H,10H2,(H,17,18)/b12-9+. The second-order valence-electron chi connectivity index (χ2n) is 3.85. The van der Waals surface area contributed by atoms with Crippen LogP contribution in [0.2, 0.25) is 5.02 Å². The molecule has 2 aromatic rings. The van der Waals surface area contributed by atoms with E-state index in [0.29, 0.717) is 22.7 Å². The average molecular weight is 262 g/mol. The lowest BCUT2D eigenvalue weighted by Gasteiger charge is -2.05. The average Bonchev–Trinajstić information content (AvgIpc) is 2.83. The SMILES string of the molecule is O=C(O)/C(=C/c1ccccc1Cl)Cn1cccc1. The number of nitrogens with zero attached hydrogens (tertiary/aromatic N) is 1. The molecule has 3 nitrogen and oxygen atoms in total. The van der Waals surface area contributed by atoms with E-state index in [2.05, 4.69) is 0 Å². The van der Waals surface area contributed by atoms with Crippen LogP contribution in [0.3, 0.4) is 0 Å². The molecule has 1 aromatic heterocycles. The summed E-state index contributed by atoms with van der Waals surface area (Å²) in [5, 5.41) is 9.74. The van der Waals surface area contributed by atoms with Gasteiger partial charge in [-0.25, -0.2) is 4.79 Å². The molecule has 0 saturated carbocycles. The first-order chi connectivity index (χ1) is 8.66. The van der Waals surface area contributed by atoms with E-state index in [0.717, 1.165) is 0 Å². The molecule has 0 radical (unpaired) electrons. The summed E-state index contributed by atoms with van der Waals surface area (Å²) in [5.41, 5.74) is 1.00. The highest BCUT2D eigenvalue weighted by Crippen LogP contribution is 2.19. The van der Waals surface area contributed by atoms with Crippen LogP contribution in [0.15, 0.2) is 54.4 Å². The van der Waals surface area contributed by atoms with Gasteiger partial charge in [0.25, 0.3) is 0 Å². The van der Waals surface area contributed by atoms with Crippen LogP contribution in [0.1, 0.15) is 5.56 Å². The zero-order valence-corrected chi connectivity index (χ0v) is 10.3. The number of benzene rings is 1. The van der Waals surface area contributed by atoms with Gasteiger partial charge < -0.3 is 9.67 Å². The number of aromatic nitrogens is 1. The van der Waals surface area contributed by atoms with Crippen LogP contribution >= 0.6 is 11.6 Å². The molecule has 0 saturated heterocycles. The maximum absolute atomic E-state index is 11.2. The van der Waals surface area contributed by atoms with E-state index in [1.54, 1.807) is 22.8 Å². The fourth-order valence-electron chi connectivity index (χ4n) is 1.63. The molecule has 1 aromatic carbocycles. The molecule has 1 N–H and O–H groups in total. The van der Waals surface area contributed by atoms with Crippen LogP contribution in [-0.2, 0) is 11.3 Å². The van der Waals surface area contributed by atoms with E-state index in [-0.39, 0.29) is 0 Å². The van der Waals surface area contributed by atoms with Crippen molar-refractivity contribution in [3.63, 3.8) is 0 Å². The van der Waals surface area contributed by atoms with Gasteiger partial charge in [0.15, 0.2) is 0 Å². The minimum Gasteiger partial charge on any atom is -0.478 e. The Kier molecular flexibility index (Phi) is 3.85. The summed E-state index contributed by atoms with van der Waals surface area (Å²) in [6, 6.07) is 10.9. The van der Waals surface area contributed by atoms with Gasteiger partial charge >= 0.3 is 5.97 Å². The van der Waals surface area contributed by atoms with E-state index in [1.807, 2.05) is 36.7 Å². The number of halogens is 1. The molecule has 0 aliphatic heterocycles. The second kappa shape index (κ2) is 5.56. The van der Waals surface area contributed by atoms with Crippen molar-refractivity contribution >= 4 is 23.6 Å². The highest BCUT2D eigenvalue weighted by Gasteiger charge is 2.08. The monoisotopic (exact) mass is 261 g/mol. The van der Waals surface area contributed by atoms with Gasteiger partial charge in [0.2, 0.25) is 0 Å². The number of hydrogen-bond acceptors (Lipinski definition) is 1. The normalized spacial score (nSPS) is 11.5. The van der Waals surface area contributed by atoms with Gasteiger partial charge in [0, 0.05) is 17.4 Å². The van der Waals surface area contributed by atoms with Crippen molar-refractivity contribution in [2.24, 2.45) is 0 Å². The Morgan fingerprint density at radius 2 is 1.89 bits per heavy atom. The Morgan fingerprint density at radius 3 is 2.50 bits per heavy atom. The van der Waals surface area contributed by atoms with Gasteiger partial charge in [-0.15, -0.1) is 0 Å². The lowest BCUT2D eigenvalue weighted by Crippen LogP contribution is -2.07. The molecule has 0 amide bonds. The van der Waals surface area contributed by atoms with Gasteiger partial charge in [0.05, 0.1) is 12.1 Å². The lowest BCUT2D eigenvalue weighted by atomic mass is 10.1. The highest BCUT2D eigenvalue weighted by molar-refractivity contribution is 6.32. The number of rotatable bonds is 4. The third-order valence-electron chi connectivity index (χ3n) is 2.53. The van der Waals surface area contributed by atoms with Gasteiger partial charge in [-0.2, -0.15) is 0 Å². The minimum atomic E-state index is -0.941. The number of carbonyl (C=O) groups is 1. The summed E-state index contributed by atoms with van der Waals surface area (Å²) in [6.07, 6.45) is 5.25. The fourth-order valence-corrected chi connectivity index (χ4v) is 1.82. The smallest absolute Gasteiger partial charge is 0.333 e. The molecule has 2 rings (SSSR count). The maximum Gasteiger partial charge on any atom is 0.333 e. The van der Waals surface area contributed by atoms with Crippen LogP contribution in [-0.4, -0.2) is 15.6 Å². The molecular formula is C14H12ClNO2. The molecule has 0 unspecified atom stereocenters. The Morgan fingerprint density at radius 1 is 1.22 bits per heavy atom. The molecule has 0 atom stereocenters. The lowest BCUT2D eigenvalue weighted by molar-refractivity contribution is -0.132. The van der Waals surface area contributed by atoms with Crippen molar-refractivity contribution in [3.05, 3.63) is 65.0 Å². The van der Waals surface area contributed by atoms with Crippen LogP contribution in [0.5, 0.6) is 0 Å². The molecule has 0 aliphatic rings. The van der Waals surface area contributed by atoms with E-state index < -0.39 is 5.97 Å². The summed E-state index contributed by atoms with van der Waals surface area (Å²) >= 11 is 6.01. The van der Waals surface area contributed by atoms with E-state index in [4.69, 9.17) is 11.6 Å². The molecule has 92 valence electrons. The van der Waals surface area contributed by atoms with Crippen LogP contribution < -0.4 is 0 Å². The first-order valence-electron chi connectivity index (χ1n) is 5.46. The van der Waals surface area contributed by atoms with Crippen LogP contribution in [0.4, 0.5) is 0 Å². The van der Waals surface area contributed by atoms with Crippen LogP contribution in [0, 0.1) is 0 Å². The zero-order chi connectivity index (χ0) is 13.0. The predicted octanol–water partition coefficient (Wildman–Crippen LogP) is 3.31. The zero-order valence-electron chi connectivity index (χ0n) is 9.58. The number of aliphatic carboxylic acids is 1. The molecular weight excluding hydrogens is 250 g/mol. The Bertz CT molecular complexity index is 573. The van der Waals surface area contributed by atoms with Crippen molar-refractivity contribution in [1.82, 2.24) is 4.57 Å². The number of carboxylic acids is 1. The first kappa shape index (κ1) is 12.5. The molecule has 18 heavy (non-hydrogen) atoms. The Balaban J connectivity index is 2.31. The summed E-state index contributed by atoms with van der Waals surface area (Å²) in [4.78, 5) is 11.2. The topological polar surface area (TPSA) is 42.2 Å². The number of hydrogen-bond donors (Lipinski definition) is 1. The highest BCUT2D eigenvalue weighted by atomic mass is 35.5. The molecule has 1 heterocycles. The summed E-state index contributed by atoms with van der Waals surface area (Å²) in [7, 11) is 0. The summed E-state index contributed by atoms with van der Waals surface area (Å²) in [5.74, 6) is -0.941. The Labute approximate surface area is 110 Å². The van der Waals surface area contributed by atoms with Gasteiger partial charge in [-0.1, -0.05) is 29.8 Å². The Hall–Kier alpha value is -2.00.